The summed E-state index contributed by atoms with van der Waals surface area (Å²) in [4.78, 5) is 0. The van der Waals surface area contributed by atoms with E-state index in [0.29, 0.717) is 5.56 Å². The molecule has 0 amide bonds. The zero-order valence-corrected chi connectivity index (χ0v) is 10.6. The highest BCUT2D eigenvalue weighted by Crippen LogP contribution is 2.22. The van der Waals surface area contributed by atoms with E-state index < -0.39 is 0 Å². The van der Waals surface area contributed by atoms with Gasteiger partial charge in [0, 0.05) is 9.26 Å². The van der Waals surface area contributed by atoms with E-state index in [9.17, 15) is 0 Å². The van der Waals surface area contributed by atoms with Gasteiger partial charge < -0.3 is 5.32 Å². The minimum atomic E-state index is 0.674. The van der Waals surface area contributed by atoms with Crippen LogP contribution in [0.25, 0.3) is 0 Å². The SMILES string of the molecule is N#Cc1ccc(Nc2ccccc2I)cc1. The van der Waals surface area contributed by atoms with Crippen molar-refractivity contribution >= 4 is 34.0 Å². The van der Waals surface area contributed by atoms with Gasteiger partial charge in [0.25, 0.3) is 0 Å². The first-order chi connectivity index (χ1) is 7.79. The molecule has 2 nitrogen and oxygen atoms in total. The molecule has 0 heterocycles. The van der Waals surface area contributed by atoms with Gasteiger partial charge in [0.15, 0.2) is 0 Å². The van der Waals surface area contributed by atoms with E-state index in [2.05, 4.69) is 34.0 Å². The van der Waals surface area contributed by atoms with Gasteiger partial charge in [-0.2, -0.15) is 5.26 Å². The van der Waals surface area contributed by atoms with Crippen LogP contribution >= 0.6 is 22.6 Å². The molecule has 78 valence electrons. The monoisotopic (exact) mass is 320 g/mol. The lowest BCUT2D eigenvalue weighted by atomic mass is 10.2. The van der Waals surface area contributed by atoms with Crippen molar-refractivity contribution in [3.63, 3.8) is 0 Å². The Morgan fingerprint density at radius 2 is 1.69 bits per heavy atom. The number of nitrogens with one attached hydrogen (secondary N) is 1. The number of nitriles is 1. The molecule has 3 heteroatoms. The van der Waals surface area contributed by atoms with Crippen molar-refractivity contribution in [1.82, 2.24) is 0 Å². The number of rotatable bonds is 2. The Morgan fingerprint density at radius 3 is 2.31 bits per heavy atom. The minimum absolute atomic E-state index is 0.674. The fourth-order valence-electron chi connectivity index (χ4n) is 1.35. The van der Waals surface area contributed by atoms with E-state index in [4.69, 9.17) is 5.26 Å². The maximum atomic E-state index is 8.69. The van der Waals surface area contributed by atoms with Gasteiger partial charge in [-0.05, 0) is 59.0 Å². The largest absolute Gasteiger partial charge is 0.355 e. The van der Waals surface area contributed by atoms with Crippen molar-refractivity contribution in [3.05, 3.63) is 57.7 Å². The van der Waals surface area contributed by atoms with Gasteiger partial charge in [-0.1, -0.05) is 12.1 Å². The summed E-state index contributed by atoms with van der Waals surface area (Å²) in [6.07, 6.45) is 0. The van der Waals surface area contributed by atoms with E-state index >= 15 is 0 Å². The number of hydrogen-bond donors (Lipinski definition) is 1. The van der Waals surface area contributed by atoms with Gasteiger partial charge in [0.2, 0.25) is 0 Å². The first-order valence-electron chi connectivity index (χ1n) is 4.81. The summed E-state index contributed by atoms with van der Waals surface area (Å²) in [5.74, 6) is 0. The lowest BCUT2D eigenvalue weighted by Crippen LogP contribution is -1.92. The summed E-state index contributed by atoms with van der Waals surface area (Å²) in [5, 5.41) is 12.0. The van der Waals surface area contributed by atoms with Crippen molar-refractivity contribution in [2.75, 3.05) is 5.32 Å². The van der Waals surface area contributed by atoms with Crippen LogP contribution in [0.5, 0.6) is 0 Å². The van der Waals surface area contributed by atoms with Gasteiger partial charge in [0.1, 0.15) is 0 Å². The molecule has 0 radical (unpaired) electrons. The summed E-state index contributed by atoms with van der Waals surface area (Å²) < 4.78 is 1.17. The lowest BCUT2D eigenvalue weighted by Gasteiger charge is -2.07. The molecule has 0 aliphatic carbocycles. The van der Waals surface area contributed by atoms with E-state index in [1.807, 2.05) is 36.4 Å². The van der Waals surface area contributed by atoms with Crippen LogP contribution in [-0.2, 0) is 0 Å². The predicted octanol–water partition coefficient (Wildman–Crippen LogP) is 3.91. The van der Waals surface area contributed by atoms with Crippen LogP contribution in [0.2, 0.25) is 0 Å². The van der Waals surface area contributed by atoms with Crippen LogP contribution in [0.15, 0.2) is 48.5 Å². The summed E-state index contributed by atoms with van der Waals surface area (Å²) in [6, 6.07) is 17.6. The van der Waals surface area contributed by atoms with Crippen LogP contribution in [0.1, 0.15) is 5.56 Å². The molecule has 0 fully saturated rings. The highest BCUT2D eigenvalue weighted by Gasteiger charge is 1.98. The van der Waals surface area contributed by atoms with Gasteiger partial charge in [-0.25, -0.2) is 0 Å². The zero-order chi connectivity index (χ0) is 11.4. The second kappa shape index (κ2) is 4.99. The number of halogens is 1. The third kappa shape index (κ3) is 2.52. The van der Waals surface area contributed by atoms with Crippen LogP contribution in [-0.4, -0.2) is 0 Å². The first-order valence-corrected chi connectivity index (χ1v) is 5.89. The topological polar surface area (TPSA) is 35.8 Å². The van der Waals surface area contributed by atoms with Crippen molar-refractivity contribution in [2.45, 2.75) is 0 Å². The van der Waals surface area contributed by atoms with Gasteiger partial charge in [-0.15, -0.1) is 0 Å². The molecular formula is C13H9IN2. The Morgan fingerprint density at radius 1 is 1.00 bits per heavy atom. The smallest absolute Gasteiger partial charge is 0.0991 e. The molecule has 0 aliphatic rings. The summed E-state index contributed by atoms with van der Waals surface area (Å²) in [7, 11) is 0. The molecule has 1 N–H and O–H groups in total. The third-order valence-electron chi connectivity index (χ3n) is 2.17. The molecule has 0 saturated heterocycles. The second-order valence-electron chi connectivity index (χ2n) is 3.29. The van der Waals surface area contributed by atoms with Crippen LogP contribution < -0.4 is 5.32 Å². The average molecular weight is 320 g/mol. The fraction of sp³-hybridized carbons (Fsp3) is 0. The number of para-hydroxylation sites is 1. The van der Waals surface area contributed by atoms with E-state index in [1.165, 1.54) is 3.57 Å². The Balaban J connectivity index is 2.22. The molecule has 0 saturated carbocycles. The molecule has 0 spiro atoms. The fourth-order valence-corrected chi connectivity index (χ4v) is 1.87. The van der Waals surface area contributed by atoms with Crippen molar-refractivity contribution in [3.8, 4) is 6.07 Å². The van der Waals surface area contributed by atoms with E-state index in [-0.39, 0.29) is 0 Å². The molecule has 2 rings (SSSR count). The number of anilines is 2. The van der Waals surface area contributed by atoms with Crippen molar-refractivity contribution < 1.29 is 0 Å². The normalized spacial score (nSPS) is 9.50. The molecule has 0 aromatic heterocycles. The lowest BCUT2D eigenvalue weighted by molar-refractivity contribution is 1.47. The number of hydrogen-bond acceptors (Lipinski definition) is 2. The molecule has 0 atom stereocenters. The maximum Gasteiger partial charge on any atom is 0.0991 e. The Kier molecular flexibility index (Phi) is 3.42. The maximum absolute atomic E-state index is 8.69. The minimum Gasteiger partial charge on any atom is -0.355 e. The van der Waals surface area contributed by atoms with Crippen LogP contribution in [0.4, 0.5) is 11.4 Å². The number of nitrogens with zero attached hydrogens (tertiary/aromatic N) is 1. The first kappa shape index (κ1) is 11.0. The van der Waals surface area contributed by atoms with Gasteiger partial charge >= 0.3 is 0 Å². The van der Waals surface area contributed by atoms with Crippen molar-refractivity contribution in [2.24, 2.45) is 0 Å². The Bertz CT molecular complexity index is 526. The number of benzene rings is 2. The predicted molar refractivity (Wildman–Crippen MR) is 73.6 cm³/mol. The second-order valence-corrected chi connectivity index (χ2v) is 4.46. The molecule has 2 aromatic carbocycles. The molecule has 0 bridgehead atoms. The summed E-state index contributed by atoms with van der Waals surface area (Å²) in [5.41, 5.74) is 2.74. The summed E-state index contributed by atoms with van der Waals surface area (Å²) >= 11 is 2.29. The molecule has 16 heavy (non-hydrogen) atoms. The highest BCUT2D eigenvalue weighted by molar-refractivity contribution is 14.1. The molecular weight excluding hydrogens is 311 g/mol. The van der Waals surface area contributed by atoms with E-state index in [0.717, 1.165) is 11.4 Å². The Labute approximate surface area is 108 Å². The van der Waals surface area contributed by atoms with Crippen LogP contribution in [0.3, 0.4) is 0 Å². The standard InChI is InChI=1S/C13H9IN2/c14-12-3-1-2-4-13(12)16-11-7-5-10(9-15)6-8-11/h1-8,16H. The van der Waals surface area contributed by atoms with Crippen molar-refractivity contribution in [1.29, 1.82) is 5.26 Å². The summed E-state index contributed by atoms with van der Waals surface area (Å²) in [6.45, 7) is 0. The van der Waals surface area contributed by atoms with Gasteiger partial charge in [-0.3, -0.25) is 0 Å². The van der Waals surface area contributed by atoms with Gasteiger partial charge in [0.05, 0.1) is 17.3 Å². The molecule has 2 aromatic rings. The zero-order valence-electron chi connectivity index (χ0n) is 8.44. The quantitative estimate of drug-likeness (QED) is 0.852. The highest BCUT2D eigenvalue weighted by atomic mass is 127. The molecule has 0 aliphatic heterocycles. The third-order valence-corrected chi connectivity index (χ3v) is 3.11. The molecule has 0 unspecified atom stereocenters. The van der Waals surface area contributed by atoms with Crippen LogP contribution in [0, 0.1) is 14.9 Å². The Hall–Kier alpha value is -1.54. The average Bonchev–Trinajstić information content (AvgIpc) is 2.33. The van der Waals surface area contributed by atoms with E-state index in [1.54, 1.807) is 12.1 Å².